The number of carbonyl (C=O) groups excluding carboxylic acids is 1. The second-order valence-corrected chi connectivity index (χ2v) is 5.20. The Hall–Kier alpha value is -3.03. The number of ether oxygens (including phenoxy) is 1. The van der Waals surface area contributed by atoms with E-state index in [0.717, 1.165) is 0 Å². The summed E-state index contributed by atoms with van der Waals surface area (Å²) in [5.74, 6) is -2.27. The van der Waals surface area contributed by atoms with Crippen molar-refractivity contribution >= 4 is 11.9 Å². The summed E-state index contributed by atoms with van der Waals surface area (Å²) in [5, 5.41) is 0. The van der Waals surface area contributed by atoms with Crippen LogP contribution in [0.3, 0.4) is 0 Å². The van der Waals surface area contributed by atoms with Crippen LogP contribution in [0, 0.1) is 0 Å². The normalized spacial score (nSPS) is 12.3. The third kappa shape index (κ3) is 5.52. The number of nitrogens with two attached hydrogens (primary N) is 2. The minimum atomic E-state index is -4.83. The fraction of sp³-hybridized carbons (Fsp3) is 0.176. The lowest BCUT2D eigenvalue weighted by atomic mass is 9.91. The number of para-hydroxylation sites is 1. The fourth-order valence-corrected chi connectivity index (χ4v) is 2.35. The summed E-state index contributed by atoms with van der Waals surface area (Å²) < 4.78 is 41.7. The van der Waals surface area contributed by atoms with Crippen molar-refractivity contribution in [2.24, 2.45) is 16.5 Å². The molecule has 25 heavy (non-hydrogen) atoms. The molecule has 0 aliphatic carbocycles. The number of amides is 1. The lowest BCUT2D eigenvalue weighted by Crippen LogP contribution is -2.26. The molecule has 1 amide bonds. The highest BCUT2D eigenvalue weighted by molar-refractivity contribution is 5.95. The molecule has 5 nitrogen and oxygen atoms in total. The first-order chi connectivity index (χ1) is 11.8. The lowest BCUT2D eigenvalue weighted by Gasteiger charge is -2.17. The van der Waals surface area contributed by atoms with Gasteiger partial charge in [0.2, 0.25) is 0 Å². The van der Waals surface area contributed by atoms with Crippen molar-refractivity contribution in [1.29, 1.82) is 0 Å². The van der Waals surface area contributed by atoms with Crippen LogP contribution in [-0.2, 0) is 11.2 Å². The molecular formula is C17H16F3N3O2. The molecule has 2 rings (SSSR count). The predicted octanol–water partition coefficient (Wildman–Crippen LogP) is 2.71. The Kier molecular flexibility index (Phi) is 5.63. The average molecular weight is 351 g/mol. The summed E-state index contributed by atoms with van der Waals surface area (Å²) in [7, 11) is 0. The molecule has 8 heteroatoms. The molecule has 2 aromatic carbocycles. The van der Waals surface area contributed by atoms with Crippen LogP contribution in [0.15, 0.2) is 59.6 Å². The number of aliphatic imine (C=N–C) groups is 1. The zero-order valence-electron chi connectivity index (χ0n) is 13.0. The van der Waals surface area contributed by atoms with Crippen LogP contribution in [0.25, 0.3) is 0 Å². The molecular weight excluding hydrogens is 335 g/mol. The Bertz CT molecular complexity index is 757. The number of hydrogen-bond acceptors (Lipinski definition) is 2. The first-order valence-electron chi connectivity index (χ1n) is 7.28. The molecule has 0 bridgehead atoms. The van der Waals surface area contributed by atoms with Crippen LogP contribution < -0.4 is 16.2 Å². The predicted molar refractivity (Wildman–Crippen MR) is 86.8 cm³/mol. The Morgan fingerprint density at radius 3 is 2.24 bits per heavy atom. The highest BCUT2D eigenvalue weighted by Gasteiger charge is 2.32. The van der Waals surface area contributed by atoms with Crippen LogP contribution in [0.5, 0.6) is 5.75 Å². The molecule has 0 saturated heterocycles. The van der Waals surface area contributed by atoms with Crippen molar-refractivity contribution in [3.63, 3.8) is 0 Å². The smallest absolute Gasteiger partial charge is 0.406 e. The van der Waals surface area contributed by atoms with Gasteiger partial charge < -0.3 is 16.2 Å². The van der Waals surface area contributed by atoms with Gasteiger partial charge in [-0.25, -0.2) is 0 Å². The van der Waals surface area contributed by atoms with Gasteiger partial charge in [0.1, 0.15) is 5.75 Å². The minimum absolute atomic E-state index is 0.0497. The maximum Gasteiger partial charge on any atom is 0.573 e. The zero-order chi connectivity index (χ0) is 18.4. The van der Waals surface area contributed by atoms with Gasteiger partial charge in [-0.1, -0.05) is 48.5 Å². The number of rotatable bonds is 5. The highest BCUT2D eigenvalue weighted by atomic mass is 19.4. The summed E-state index contributed by atoms with van der Waals surface area (Å²) in [5.41, 5.74) is 11.3. The monoisotopic (exact) mass is 351 g/mol. The van der Waals surface area contributed by atoms with Gasteiger partial charge in [0.25, 0.3) is 5.91 Å². The first kappa shape index (κ1) is 18.3. The second-order valence-electron chi connectivity index (χ2n) is 5.20. The van der Waals surface area contributed by atoms with Crippen LogP contribution in [-0.4, -0.2) is 18.2 Å². The van der Waals surface area contributed by atoms with Gasteiger partial charge in [0.15, 0.2) is 5.96 Å². The molecule has 0 aromatic heterocycles. The van der Waals surface area contributed by atoms with E-state index in [2.05, 4.69) is 9.73 Å². The van der Waals surface area contributed by atoms with E-state index in [4.69, 9.17) is 11.5 Å². The first-order valence-corrected chi connectivity index (χ1v) is 7.28. The van der Waals surface area contributed by atoms with Crippen LogP contribution in [0.1, 0.15) is 17.0 Å². The molecule has 132 valence electrons. The van der Waals surface area contributed by atoms with Gasteiger partial charge >= 0.3 is 6.36 Å². The van der Waals surface area contributed by atoms with Crippen LogP contribution in [0.2, 0.25) is 0 Å². The van der Waals surface area contributed by atoms with E-state index in [9.17, 15) is 18.0 Å². The number of hydrogen-bond donors (Lipinski definition) is 2. The largest absolute Gasteiger partial charge is 0.573 e. The third-order valence-corrected chi connectivity index (χ3v) is 3.36. The number of nitrogens with zero attached hydrogens (tertiary/aromatic N) is 1. The Balaban J connectivity index is 2.38. The van der Waals surface area contributed by atoms with Crippen molar-refractivity contribution in [2.75, 3.05) is 0 Å². The van der Waals surface area contributed by atoms with Crippen molar-refractivity contribution in [3.8, 4) is 5.75 Å². The number of guanidine groups is 1. The fourth-order valence-electron chi connectivity index (χ4n) is 2.35. The summed E-state index contributed by atoms with van der Waals surface area (Å²) >= 11 is 0. The number of benzene rings is 2. The molecule has 2 aromatic rings. The SMILES string of the molecule is NC(N)=NC(=O)[C@@H](Cc1ccccc1OC(F)(F)F)c1ccccc1. The van der Waals surface area contributed by atoms with Gasteiger partial charge in [-0.15, -0.1) is 13.2 Å². The molecule has 0 fully saturated rings. The van der Waals surface area contributed by atoms with E-state index in [1.165, 1.54) is 18.2 Å². The Morgan fingerprint density at radius 1 is 1.04 bits per heavy atom. The van der Waals surface area contributed by atoms with Gasteiger partial charge in [0.05, 0.1) is 5.92 Å². The second kappa shape index (κ2) is 7.69. The van der Waals surface area contributed by atoms with Crippen LogP contribution >= 0.6 is 0 Å². The summed E-state index contributed by atoms with van der Waals surface area (Å²) in [6, 6.07) is 14.2. The number of halogens is 3. The molecule has 0 aliphatic heterocycles. The zero-order valence-corrected chi connectivity index (χ0v) is 13.0. The molecule has 0 radical (unpaired) electrons. The molecule has 0 saturated carbocycles. The van der Waals surface area contributed by atoms with Gasteiger partial charge in [0, 0.05) is 0 Å². The Labute approximate surface area is 142 Å². The van der Waals surface area contributed by atoms with Crippen molar-refractivity contribution < 1.29 is 22.7 Å². The highest BCUT2D eigenvalue weighted by Crippen LogP contribution is 2.31. The topological polar surface area (TPSA) is 90.7 Å². The van der Waals surface area contributed by atoms with Gasteiger partial charge in [-0.2, -0.15) is 4.99 Å². The minimum Gasteiger partial charge on any atom is -0.406 e. The molecule has 4 N–H and O–H groups in total. The maximum atomic E-state index is 12.6. The number of carbonyl (C=O) groups is 1. The van der Waals surface area contributed by atoms with Gasteiger partial charge in [-0.05, 0) is 23.6 Å². The van der Waals surface area contributed by atoms with Gasteiger partial charge in [-0.3, -0.25) is 4.79 Å². The molecule has 0 spiro atoms. The molecule has 0 heterocycles. The summed E-state index contributed by atoms with van der Waals surface area (Å²) in [4.78, 5) is 15.9. The molecule has 0 aliphatic rings. The van der Waals surface area contributed by atoms with Crippen molar-refractivity contribution in [2.45, 2.75) is 18.7 Å². The quantitative estimate of drug-likeness (QED) is 0.640. The van der Waals surface area contributed by atoms with Crippen molar-refractivity contribution in [3.05, 3.63) is 65.7 Å². The van der Waals surface area contributed by atoms with E-state index >= 15 is 0 Å². The third-order valence-electron chi connectivity index (χ3n) is 3.36. The molecule has 0 unspecified atom stereocenters. The molecule has 1 atom stereocenters. The summed E-state index contributed by atoms with van der Waals surface area (Å²) in [6.07, 6.45) is -4.88. The lowest BCUT2D eigenvalue weighted by molar-refractivity contribution is -0.274. The standard InChI is InChI=1S/C17H16F3N3O2/c18-17(19,20)25-14-9-5-4-8-12(14)10-13(15(24)23-16(21)22)11-6-2-1-3-7-11/h1-9,13H,10H2,(H4,21,22,23,24)/t13-/m0/s1. The van der Waals surface area contributed by atoms with E-state index in [1.807, 2.05) is 0 Å². The van der Waals surface area contributed by atoms with E-state index in [1.54, 1.807) is 36.4 Å². The average Bonchev–Trinajstić information content (AvgIpc) is 2.52. The van der Waals surface area contributed by atoms with E-state index < -0.39 is 24.1 Å². The van der Waals surface area contributed by atoms with Crippen LogP contribution in [0.4, 0.5) is 13.2 Å². The summed E-state index contributed by atoms with van der Waals surface area (Å²) in [6.45, 7) is 0. The Morgan fingerprint density at radius 2 is 1.64 bits per heavy atom. The van der Waals surface area contributed by atoms with Crippen molar-refractivity contribution in [1.82, 2.24) is 0 Å². The van der Waals surface area contributed by atoms with E-state index in [0.29, 0.717) is 5.56 Å². The van der Waals surface area contributed by atoms with E-state index in [-0.39, 0.29) is 17.7 Å². The maximum absolute atomic E-state index is 12.6. The number of alkyl halides is 3.